The van der Waals surface area contributed by atoms with Crippen molar-refractivity contribution < 1.29 is 4.79 Å². The minimum atomic E-state index is 0.000826. The number of rotatable bonds is 7. The first-order valence-electron chi connectivity index (χ1n) is 10.0. The van der Waals surface area contributed by atoms with Crippen LogP contribution in [0.5, 0.6) is 0 Å². The molecule has 146 valence electrons. The van der Waals surface area contributed by atoms with Gasteiger partial charge in [-0.2, -0.15) is 5.10 Å². The van der Waals surface area contributed by atoms with Gasteiger partial charge in [-0.1, -0.05) is 44.2 Å². The molecule has 1 aliphatic carbocycles. The summed E-state index contributed by atoms with van der Waals surface area (Å²) >= 11 is 0. The van der Waals surface area contributed by atoms with Crippen LogP contribution in [0.25, 0.3) is 0 Å². The molecule has 5 nitrogen and oxygen atoms in total. The maximum atomic E-state index is 12.7. The Balaban J connectivity index is 1.83. The van der Waals surface area contributed by atoms with E-state index >= 15 is 0 Å². The van der Waals surface area contributed by atoms with Crippen LogP contribution >= 0.6 is 0 Å². The van der Waals surface area contributed by atoms with Gasteiger partial charge in [0, 0.05) is 31.4 Å². The average molecular weight is 369 g/mol. The van der Waals surface area contributed by atoms with Gasteiger partial charge in [-0.05, 0) is 43.7 Å². The van der Waals surface area contributed by atoms with Crippen LogP contribution < -0.4 is 5.32 Å². The number of nitrogens with one attached hydrogen (secondary N) is 1. The van der Waals surface area contributed by atoms with Crippen molar-refractivity contribution in [2.75, 3.05) is 20.6 Å². The molecule has 2 aromatic rings. The number of hydrogen-bond acceptors (Lipinski definition) is 3. The van der Waals surface area contributed by atoms with Crippen LogP contribution in [0.15, 0.2) is 30.3 Å². The largest absolute Gasteiger partial charge is 0.343 e. The minimum absolute atomic E-state index is 0.000826. The maximum Gasteiger partial charge on any atom is 0.274 e. The fourth-order valence-corrected chi connectivity index (χ4v) is 3.71. The van der Waals surface area contributed by atoms with E-state index in [1.807, 2.05) is 22.9 Å². The molecule has 0 fully saturated rings. The van der Waals surface area contributed by atoms with Crippen molar-refractivity contribution in [3.63, 3.8) is 0 Å². The quantitative estimate of drug-likeness (QED) is 0.817. The lowest BCUT2D eigenvalue weighted by Gasteiger charge is -2.25. The zero-order chi connectivity index (χ0) is 19.4. The SMILES string of the molecule is CC(C)CCNC1CCc2c(c(C(=O)N(C)C)nn2Cc2ccccc2)C1. The van der Waals surface area contributed by atoms with Crippen LogP contribution in [0.4, 0.5) is 0 Å². The summed E-state index contributed by atoms with van der Waals surface area (Å²) in [4.78, 5) is 14.4. The van der Waals surface area contributed by atoms with Gasteiger partial charge in [0.15, 0.2) is 5.69 Å². The van der Waals surface area contributed by atoms with Crippen LogP contribution in [0.1, 0.15) is 54.0 Å². The van der Waals surface area contributed by atoms with E-state index in [-0.39, 0.29) is 5.91 Å². The third-order valence-electron chi connectivity index (χ3n) is 5.29. The molecule has 0 bridgehead atoms. The number of aromatic nitrogens is 2. The summed E-state index contributed by atoms with van der Waals surface area (Å²) in [6.45, 7) is 6.26. The first-order valence-corrected chi connectivity index (χ1v) is 10.0. The third kappa shape index (κ3) is 4.78. The highest BCUT2D eigenvalue weighted by Gasteiger charge is 2.29. The first-order chi connectivity index (χ1) is 13.0. The van der Waals surface area contributed by atoms with E-state index in [0.717, 1.165) is 37.9 Å². The molecule has 1 unspecified atom stereocenters. The average Bonchev–Trinajstić information content (AvgIpc) is 2.99. The predicted octanol–water partition coefficient (Wildman–Crippen LogP) is 3.13. The lowest BCUT2D eigenvalue weighted by molar-refractivity contribution is 0.0820. The summed E-state index contributed by atoms with van der Waals surface area (Å²) in [6, 6.07) is 10.8. The number of nitrogens with zero attached hydrogens (tertiary/aromatic N) is 3. The Hall–Kier alpha value is -2.14. The van der Waals surface area contributed by atoms with Crippen molar-refractivity contribution in [3.8, 4) is 0 Å². The number of fused-ring (bicyclic) bond motifs is 1. The highest BCUT2D eigenvalue weighted by molar-refractivity contribution is 5.93. The molecule has 1 atom stereocenters. The second-order valence-electron chi connectivity index (χ2n) is 8.19. The number of hydrogen-bond donors (Lipinski definition) is 1. The van der Waals surface area contributed by atoms with Crippen molar-refractivity contribution in [3.05, 3.63) is 52.8 Å². The Morgan fingerprint density at radius 2 is 2.04 bits per heavy atom. The smallest absolute Gasteiger partial charge is 0.274 e. The normalized spacial score (nSPS) is 16.4. The Morgan fingerprint density at radius 3 is 2.70 bits per heavy atom. The molecular weight excluding hydrogens is 336 g/mol. The van der Waals surface area contributed by atoms with E-state index in [1.54, 1.807) is 19.0 Å². The molecule has 1 N–H and O–H groups in total. The van der Waals surface area contributed by atoms with Crippen LogP contribution in [-0.4, -0.2) is 47.3 Å². The van der Waals surface area contributed by atoms with Crippen molar-refractivity contribution in [1.82, 2.24) is 20.0 Å². The van der Waals surface area contributed by atoms with Gasteiger partial charge >= 0.3 is 0 Å². The van der Waals surface area contributed by atoms with Crippen LogP contribution in [-0.2, 0) is 19.4 Å². The summed E-state index contributed by atoms with van der Waals surface area (Å²) in [5.41, 5.74) is 4.20. The van der Waals surface area contributed by atoms with Gasteiger partial charge in [-0.15, -0.1) is 0 Å². The first kappa shape index (κ1) is 19.6. The second-order valence-corrected chi connectivity index (χ2v) is 8.19. The van der Waals surface area contributed by atoms with E-state index in [4.69, 9.17) is 5.10 Å². The number of carbonyl (C=O) groups is 1. The Kier molecular flexibility index (Phi) is 6.32. The van der Waals surface area contributed by atoms with Crippen molar-refractivity contribution in [2.24, 2.45) is 5.92 Å². The number of amides is 1. The van der Waals surface area contributed by atoms with Gasteiger partial charge in [-0.25, -0.2) is 0 Å². The van der Waals surface area contributed by atoms with Crippen molar-refractivity contribution >= 4 is 5.91 Å². The summed E-state index contributed by atoms with van der Waals surface area (Å²) in [7, 11) is 3.60. The lowest BCUT2D eigenvalue weighted by atomic mass is 9.90. The lowest BCUT2D eigenvalue weighted by Crippen LogP contribution is -2.36. The van der Waals surface area contributed by atoms with Gasteiger partial charge in [0.2, 0.25) is 0 Å². The summed E-state index contributed by atoms with van der Waals surface area (Å²) in [5, 5.41) is 8.44. The monoisotopic (exact) mass is 368 g/mol. The van der Waals surface area contributed by atoms with E-state index in [1.165, 1.54) is 17.7 Å². The third-order valence-corrected chi connectivity index (χ3v) is 5.29. The molecule has 27 heavy (non-hydrogen) atoms. The molecule has 1 aliphatic rings. The van der Waals surface area contributed by atoms with Gasteiger partial charge in [0.1, 0.15) is 0 Å². The number of carbonyl (C=O) groups excluding carboxylic acids is 1. The van der Waals surface area contributed by atoms with Crippen molar-refractivity contribution in [2.45, 2.75) is 52.1 Å². The Labute approximate surface area is 162 Å². The molecule has 1 amide bonds. The van der Waals surface area contributed by atoms with Crippen LogP contribution in [0.3, 0.4) is 0 Å². The van der Waals surface area contributed by atoms with Gasteiger partial charge < -0.3 is 10.2 Å². The Morgan fingerprint density at radius 1 is 1.30 bits per heavy atom. The molecule has 5 heteroatoms. The molecule has 0 saturated carbocycles. The van der Waals surface area contributed by atoms with E-state index < -0.39 is 0 Å². The Bertz CT molecular complexity index is 764. The molecule has 1 aromatic heterocycles. The molecular formula is C22H32N4O. The zero-order valence-corrected chi connectivity index (χ0v) is 17.0. The number of benzene rings is 1. The van der Waals surface area contributed by atoms with Crippen LogP contribution in [0.2, 0.25) is 0 Å². The minimum Gasteiger partial charge on any atom is -0.343 e. The summed E-state index contributed by atoms with van der Waals surface area (Å²) in [6.07, 6.45) is 4.13. The molecule has 1 heterocycles. The second kappa shape index (κ2) is 8.70. The maximum absolute atomic E-state index is 12.7. The summed E-state index contributed by atoms with van der Waals surface area (Å²) in [5.74, 6) is 0.706. The molecule has 0 saturated heterocycles. The van der Waals surface area contributed by atoms with Crippen LogP contribution in [0, 0.1) is 5.92 Å². The molecule has 0 aliphatic heterocycles. The zero-order valence-electron chi connectivity index (χ0n) is 17.0. The molecule has 0 radical (unpaired) electrons. The fourth-order valence-electron chi connectivity index (χ4n) is 3.71. The molecule has 0 spiro atoms. The highest BCUT2D eigenvalue weighted by atomic mass is 16.2. The van der Waals surface area contributed by atoms with E-state index in [9.17, 15) is 4.79 Å². The topological polar surface area (TPSA) is 50.2 Å². The van der Waals surface area contributed by atoms with Crippen molar-refractivity contribution in [1.29, 1.82) is 0 Å². The fraction of sp³-hybridized carbons (Fsp3) is 0.545. The van der Waals surface area contributed by atoms with E-state index in [2.05, 4.69) is 31.3 Å². The predicted molar refractivity (Wildman–Crippen MR) is 109 cm³/mol. The highest BCUT2D eigenvalue weighted by Crippen LogP contribution is 2.26. The van der Waals surface area contributed by atoms with Gasteiger partial charge in [0.25, 0.3) is 5.91 Å². The van der Waals surface area contributed by atoms with E-state index in [0.29, 0.717) is 17.7 Å². The van der Waals surface area contributed by atoms with Gasteiger partial charge in [-0.3, -0.25) is 9.48 Å². The molecule has 1 aromatic carbocycles. The molecule has 3 rings (SSSR count). The van der Waals surface area contributed by atoms with Gasteiger partial charge in [0.05, 0.1) is 6.54 Å². The standard InChI is InChI=1S/C22H32N4O/c1-16(2)12-13-23-18-10-11-20-19(14-18)21(22(27)25(3)4)24-26(20)15-17-8-6-5-7-9-17/h5-9,16,18,23H,10-15H2,1-4H3. The summed E-state index contributed by atoms with van der Waals surface area (Å²) < 4.78 is 2.05.